The fraction of sp³-hybridized carbons (Fsp3) is 0.0714. The second-order valence-electron chi connectivity index (χ2n) is 4.06. The van der Waals surface area contributed by atoms with Crippen molar-refractivity contribution in [1.29, 1.82) is 5.41 Å². The predicted octanol–water partition coefficient (Wildman–Crippen LogP) is 3.59. The molecule has 0 spiro atoms. The number of amidine groups is 1. The number of halogens is 3. The normalized spacial score (nSPS) is 10.3. The smallest absolute Gasteiger partial charge is 0.140 e. The third kappa shape index (κ3) is 3.14. The van der Waals surface area contributed by atoms with Gasteiger partial charge in [-0.3, -0.25) is 5.41 Å². The highest BCUT2D eigenvalue weighted by molar-refractivity contribution is 9.10. The Balaban J connectivity index is 2.17. The molecular formula is C14H11BrF2N2O. The van der Waals surface area contributed by atoms with E-state index >= 15 is 0 Å². The van der Waals surface area contributed by atoms with Gasteiger partial charge in [0.15, 0.2) is 0 Å². The maximum Gasteiger partial charge on any atom is 0.140 e. The van der Waals surface area contributed by atoms with Crippen LogP contribution in [0.4, 0.5) is 8.78 Å². The number of ether oxygens (including phenoxy) is 1. The molecule has 0 aliphatic carbocycles. The number of hydrogen-bond acceptors (Lipinski definition) is 2. The van der Waals surface area contributed by atoms with E-state index in [2.05, 4.69) is 15.9 Å². The lowest BCUT2D eigenvalue weighted by Gasteiger charge is -2.10. The first-order valence-electron chi connectivity index (χ1n) is 5.68. The van der Waals surface area contributed by atoms with Crippen molar-refractivity contribution in [2.45, 2.75) is 6.61 Å². The monoisotopic (exact) mass is 340 g/mol. The maximum atomic E-state index is 14.0. The molecule has 0 heterocycles. The van der Waals surface area contributed by atoms with Crippen LogP contribution in [0.2, 0.25) is 0 Å². The third-order valence-corrected chi connectivity index (χ3v) is 3.26. The van der Waals surface area contributed by atoms with Crippen LogP contribution in [0.1, 0.15) is 11.1 Å². The Hall–Kier alpha value is -1.95. The molecule has 104 valence electrons. The Morgan fingerprint density at radius 1 is 1.25 bits per heavy atom. The summed E-state index contributed by atoms with van der Waals surface area (Å²) in [4.78, 5) is 0. The van der Waals surface area contributed by atoms with Crippen LogP contribution in [-0.4, -0.2) is 5.84 Å². The summed E-state index contributed by atoms with van der Waals surface area (Å²) >= 11 is 3.04. The molecule has 0 aromatic heterocycles. The summed E-state index contributed by atoms with van der Waals surface area (Å²) in [6.45, 7) is -0.0367. The molecule has 0 radical (unpaired) electrons. The Bertz CT molecular complexity index is 662. The van der Waals surface area contributed by atoms with Crippen LogP contribution in [0.15, 0.2) is 40.9 Å². The first-order valence-corrected chi connectivity index (χ1v) is 6.48. The van der Waals surface area contributed by atoms with E-state index < -0.39 is 11.6 Å². The minimum atomic E-state index is -0.582. The number of benzene rings is 2. The minimum Gasteiger partial charge on any atom is -0.489 e. The lowest BCUT2D eigenvalue weighted by Crippen LogP contribution is -2.14. The van der Waals surface area contributed by atoms with E-state index in [1.165, 1.54) is 24.3 Å². The highest BCUT2D eigenvalue weighted by Crippen LogP contribution is 2.23. The molecule has 2 aromatic carbocycles. The van der Waals surface area contributed by atoms with Crippen LogP contribution in [0.5, 0.6) is 5.75 Å². The molecule has 0 bridgehead atoms. The molecule has 2 rings (SSSR count). The molecule has 0 aliphatic heterocycles. The van der Waals surface area contributed by atoms with Crippen molar-refractivity contribution in [1.82, 2.24) is 0 Å². The van der Waals surface area contributed by atoms with Crippen molar-refractivity contribution < 1.29 is 13.5 Å². The van der Waals surface area contributed by atoms with Gasteiger partial charge in [0, 0.05) is 5.56 Å². The van der Waals surface area contributed by atoms with Crippen LogP contribution in [0, 0.1) is 17.0 Å². The van der Waals surface area contributed by atoms with Gasteiger partial charge in [-0.2, -0.15) is 0 Å². The molecule has 2 aromatic rings. The van der Waals surface area contributed by atoms with Gasteiger partial charge < -0.3 is 10.5 Å². The fourth-order valence-electron chi connectivity index (χ4n) is 1.63. The van der Waals surface area contributed by atoms with E-state index in [0.29, 0.717) is 5.75 Å². The van der Waals surface area contributed by atoms with Gasteiger partial charge in [-0.1, -0.05) is 12.1 Å². The average Bonchev–Trinajstić information content (AvgIpc) is 2.41. The SMILES string of the molecule is N=C(N)c1cccc(COc2ccc(F)c(Br)c2)c1F. The molecule has 0 atom stereocenters. The van der Waals surface area contributed by atoms with Crippen molar-refractivity contribution in [3.8, 4) is 5.75 Å². The lowest BCUT2D eigenvalue weighted by atomic mass is 10.1. The largest absolute Gasteiger partial charge is 0.489 e. The second kappa shape index (κ2) is 6.00. The van der Waals surface area contributed by atoms with Crippen molar-refractivity contribution in [3.05, 3.63) is 63.6 Å². The molecule has 0 saturated heterocycles. The summed E-state index contributed by atoms with van der Waals surface area (Å²) in [5, 5.41) is 7.27. The number of nitrogens with one attached hydrogen (secondary N) is 1. The Kier molecular flexibility index (Phi) is 4.34. The molecular weight excluding hydrogens is 330 g/mol. The quantitative estimate of drug-likeness (QED) is 0.660. The summed E-state index contributed by atoms with van der Waals surface area (Å²) in [7, 11) is 0. The van der Waals surface area contributed by atoms with Gasteiger partial charge in [0.05, 0.1) is 10.0 Å². The molecule has 20 heavy (non-hydrogen) atoms. The molecule has 0 amide bonds. The summed E-state index contributed by atoms with van der Waals surface area (Å²) < 4.78 is 32.7. The van der Waals surface area contributed by atoms with Crippen molar-refractivity contribution in [2.75, 3.05) is 0 Å². The molecule has 6 heteroatoms. The van der Waals surface area contributed by atoms with Gasteiger partial charge in [0.1, 0.15) is 29.8 Å². The highest BCUT2D eigenvalue weighted by atomic mass is 79.9. The standard InChI is InChI=1S/C14H11BrF2N2O/c15-11-6-9(4-5-12(11)16)20-7-8-2-1-3-10(13(8)17)14(18)19/h1-6H,7H2,(H3,18,19). The number of rotatable bonds is 4. The Labute approximate surface area is 123 Å². The maximum absolute atomic E-state index is 14.0. The number of nitrogen functional groups attached to an aromatic ring is 1. The molecule has 3 nitrogen and oxygen atoms in total. The minimum absolute atomic E-state index is 0.0337. The molecule has 0 saturated carbocycles. The van der Waals surface area contributed by atoms with E-state index in [1.807, 2.05) is 0 Å². The Morgan fingerprint density at radius 2 is 2.00 bits per heavy atom. The van der Waals surface area contributed by atoms with Crippen molar-refractivity contribution >= 4 is 21.8 Å². The van der Waals surface area contributed by atoms with Crippen molar-refractivity contribution in [3.63, 3.8) is 0 Å². The molecule has 0 unspecified atom stereocenters. The van der Waals surface area contributed by atoms with E-state index in [0.717, 1.165) is 0 Å². The summed E-state index contributed by atoms with van der Waals surface area (Å²) in [5.41, 5.74) is 5.59. The van der Waals surface area contributed by atoms with Crippen LogP contribution in [0.3, 0.4) is 0 Å². The first kappa shape index (κ1) is 14.5. The van der Waals surface area contributed by atoms with Crippen LogP contribution >= 0.6 is 15.9 Å². The van der Waals surface area contributed by atoms with Gasteiger partial charge in [0.2, 0.25) is 0 Å². The first-order chi connectivity index (χ1) is 9.49. The zero-order valence-electron chi connectivity index (χ0n) is 10.3. The zero-order valence-corrected chi connectivity index (χ0v) is 11.9. The fourth-order valence-corrected chi connectivity index (χ4v) is 1.98. The molecule has 0 fully saturated rings. The van der Waals surface area contributed by atoms with Gasteiger partial charge in [-0.25, -0.2) is 8.78 Å². The summed E-state index contributed by atoms with van der Waals surface area (Å²) in [5.74, 6) is -0.914. The highest BCUT2D eigenvalue weighted by Gasteiger charge is 2.11. The average molecular weight is 341 g/mol. The lowest BCUT2D eigenvalue weighted by molar-refractivity contribution is 0.299. The zero-order chi connectivity index (χ0) is 14.7. The molecule has 0 aliphatic rings. The van der Waals surface area contributed by atoms with E-state index in [-0.39, 0.29) is 28.0 Å². The number of hydrogen-bond donors (Lipinski definition) is 2. The van der Waals surface area contributed by atoms with Crippen LogP contribution in [-0.2, 0) is 6.61 Å². The topological polar surface area (TPSA) is 59.1 Å². The van der Waals surface area contributed by atoms with Crippen LogP contribution in [0.25, 0.3) is 0 Å². The molecule has 3 N–H and O–H groups in total. The third-order valence-electron chi connectivity index (χ3n) is 2.65. The summed E-state index contributed by atoms with van der Waals surface area (Å²) in [6, 6.07) is 8.73. The van der Waals surface area contributed by atoms with Gasteiger partial charge in [-0.15, -0.1) is 0 Å². The van der Waals surface area contributed by atoms with E-state index in [4.69, 9.17) is 15.9 Å². The Morgan fingerprint density at radius 3 is 2.65 bits per heavy atom. The number of nitrogens with two attached hydrogens (primary N) is 1. The van der Waals surface area contributed by atoms with Gasteiger partial charge >= 0.3 is 0 Å². The second-order valence-corrected chi connectivity index (χ2v) is 4.91. The summed E-state index contributed by atoms with van der Waals surface area (Å²) in [6.07, 6.45) is 0. The van der Waals surface area contributed by atoms with Crippen LogP contribution < -0.4 is 10.5 Å². The predicted molar refractivity (Wildman–Crippen MR) is 75.8 cm³/mol. The van der Waals surface area contributed by atoms with Crippen molar-refractivity contribution in [2.24, 2.45) is 5.73 Å². The van der Waals surface area contributed by atoms with E-state index in [9.17, 15) is 8.78 Å². The van der Waals surface area contributed by atoms with Gasteiger partial charge in [-0.05, 0) is 40.2 Å². The van der Waals surface area contributed by atoms with E-state index in [1.54, 1.807) is 12.1 Å². The van der Waals surface area contributed by atoms with Gasteiger partial charge in [0.25, 0.3) is 0 Å².